The number of imidazole rings is 1. The van der Waals surface area contributed by atoms with Gasteiger partial charge in [-0.3, -0.25) is 9.36 Å². The van der Waals surface area contributed by atoms with Crippen LogP contribution in [0.5, 0.6) is 5.75 Å². The van der Waals surface area contributed by atoms with Gasteiger partial charge in [-0.15, -0.1) is 0 Å². The Morgan fingerprint density at radius 1 is 1.05 bits per heavy atom. The Hall–Kier alpha value is -3.59. The first-order chi connectivity index (χ1) is 18.0. The van der Waals surface area contributed by atoms with Crippen LogP contribution in [0.2, 0.25) is 5.02 Å². The fourth-order valence-electron chi connectivity index (χ4n) is 4.83. The second kappa shape index (κ2) is 11.2. The minimum Gasteiger partial charge on any atom is -0.489 e. The van der Waals surface area contributed by atoms with E-state index < -0.39 is 6.10 Å². The van der Waals surface area contributed by atoms with Crippen molar-refractivity contribution in [2.24, 2.45) is 0 Å². The molecule has 5 rings (SSSR count). The number of carbonyl (C=O) groups is 1. The fourth-order valence-corrected chi connectivity index (χ4v) is 4.95. The van der Waals surface area contributed by atoms with Crippen LogP contribution in [0, 0.1) is 0 Å². The highest BCUT2D eigenvalue weighted by Gasteiger charge is 2.25. The number of aromatic nitrogens is 2. The van der Waals surface area contributed by atoms with Crippen LogP contribution in [-0.4, -0.2) is 57.8 Å². The van der Waals surface area contributed by atoms with Crippen LogP contribution in [0.3, 0.4) is 0 Å². The molecule has 4 aromatic rings. The lowest BCUT2D eigenvalue weighted by atomic mass is 10.0. The molecule has 0 bridgehead atoms. The Morgan fingerprint density at radius 2 is 1.76 bits per heavy atom. The number of nitrogens with one attached hydrogen (secondary N) is 2. The van der Waals surface area contributed by atoms with Gasteiger partial charge in [-0.05, 0) is 61.4 Å². The fraction of sp³-hybridized carbons (Fsp3) is 0.286. The molecule has 1 aliphatic heterocycles. The minimum atomic E-state index is -0.701. The number of para-hydroxylation sites is 4. The average Bonchev–Trinajstić information content (AvgIpc) is 3.24. The van der Waals surface area contributed by atoms with Crippen LogP contribution in [0.1, 0.15) is 29.2 Å². The molecule has 1 saturated heterocycles. The van der Waals surface area contributed by atoms with Gasteiger partial charge in [-0.25, -0.2) is 4.79 Å². The maximum absolute atomic E-state index is 12.6. The summed E-state index contributed by atoms with van der Waals surface area (Å²) in [6.07, 6.45) is 0.955. The van der Waals surface area contributed by atoms with Gasteiger partial charge in [0.2, 0.25) is 0 Å². The summed E-state index contributed by atoms with van der Waals surface area (Å²) < 4.78 is 7.74. The summed E-state index contributed by atoms with van der Waals surface area (Å²) in [6, 6.07) is 21.7. The van der Waals surface area contributed by atoms with E-state index >= 15 is 0 Å². The topological polar surface area (TPSA) is 99.6 Å². The lowest BCUT2D eigenvalue weighted by Gasteiger charge is -2.33. The summed E-state index contributed by atoms with van der Waals surface area (Å²) in [5, 5.41) is 14.1. The first-order valence-corrected chi connectivity index (χ1v) is 12.7. The third-order valence-corrected chi connectivity index (χ3v) is 6.94. The zero-order chi connectivity index (χ0) is 25.8. The highest BCUT2D eigenvalue weighted by molar-refractivity contribution is 6.30. The van der Waals surface area contributed by atoms with Crippen molar-refractivity contribution >= 4 is 34.2 Å². The first-order valence-electron chi connectivity index (χ1n) is 12.4. The number of hydrogen-bond acceptors (Lipinski definition) is 5. The van der Waals surface area contributed by atoms with Crippen LogP contribution < -0.4 is 15.7 Å². The smallest absolute Gasteiger partial charge is 0.326 e. The zero-order valence-corrected chi connectivity index (χ0v) is 21.0. The largest absolute Gasteiger partial charge is 0.489 e. The molecule has 0 radical (unpaired) electrons. The van der Waals surface area contributed by atoms with Crippen molar-refractivity contribution in [3.8, 4) is 5.75 Å². The van der Waals surface area contributed by atoms with Crippen molar-refractivity contribution in [2.75, 3.05) is 31.6 Å². The predicted octanol–water partition coefficient (Wildman–Crippen LogP) is 4.31. The zero-order valence-electron chi connectivity index (χ0n) is 20.3. The van der Waals surface area contributed by atoms with Crippen molar-refractivity contribution < 1.29 is 14.6 Å². The average molecular weight is 521 g/mol. The highest BCUT2D eigenvalue weighted by atomic mass is 35.5. The van der Waals surface area contributed by atoms with E-state index in [0.29, 0.717) is 28.6 Å². The van der Waals surface area contributed by atoms with Crippen molar-refractivity contribution in [1.82, 2.24) is 14.5 Å². The minimum absolute atomic E-state index is 0.0742. The van der Waals surface area contributed by atoms with Crippen LogP contribution in [0.25, 0.3) is 11.0 Å². The molecule has 2 heterocycles. The number of anilines is 1. The molecule has 0 saturated carbocycles. The molecule has 3 N–H and O–H groups in total. The summed E-state index contributed by atoms with van der Waals surface area (Å²) in [6.45, 7) is 2.12. The van der Waals surface area contributed by atoms with Crippen LogP contribution in [0.15, 0.2) is 77.6 Å². The van der Waals surface area contributed by atoms with Gasteiger partial charge in [-0.2, -0.15) is 0 Å². The third kappa shape index (κ3) is 5.88. The molecule has 1 aliphatic rings. The lowest BCUT2D eigenvalue weighted by molar-refractivity contribution is 0.0561. The first kappa shape index (κ1) is 25.1. The van der Waals surface area contributed by atoms with E-state index in [2.05, 4.69) is 15.2 Å². The molecule has 192 valence electrons. The molecule has 0 spiro atoms. The molecule has 0 aliphatic carbocycles. The number of likely N-dealkylation sites (tertiary alicyclic amines) is 1. The van der Waals surface area contributed by atoms with Crippen LogP contribution >= 0.6 is 11.6 Å². The predicted molar refractivity (Wildman–Crippen MR) is 145 cm³/mol. The molecule has 1 unspecified atom stereocenters. The van der Waals surface area contributed by atoms with E-state index in [1.165, 1.54) is 0 Å². The number of halogens is 1. The number of aliphatic hydroxyl groups is 1. The van der Waals surface area contributed by atoms with Gasteiger partial charge >= 0.3 is 5.69 Å². The second-order valence-electron chi connectivity index (χ2n) is 9.27. The number of carbonyl (C=O) groups excluding carboxylic acids is 1. The molecule has 1 atom stereocenters. The number of aromatic amines is 1. The standard InChI is InChI=1S/C28H29ClN4O4/c29-20-11-9-19(10-12-20)27(35)30-24-6-2-4-8-26(24)37-18-22(34)17-32-15-13-21(14-16-32)33-25-7-3-1-5-23(25)31-28(33)36/h1-12,21-22,34H,13-18H2,(H,30,35)(H,31,36). The van der Waals surface area contributed by atoms with Gasteiger partial charge < -0.3 is 25.0 Å². The Morgan fingerprint density at radius 3 is 2.54 bits per heavy atom. The maximum Gasteiger partial charge on any atom is 0.326 e. The monoisotopic (exact) mass is 520 g/mol. The van der Waals surface area contributed by atoms with E-state index in [0.717, 1.165) is 37.0 Å². The number of nitrogens with zero attached hydrogens (tertiary/aromatic N) is 2. The summed E-state index contributed by atoms with van der Waals surface area (Å²) in [5.41, 5.74) is 2.72. The molecule has 8 nitrogen and oxygen atoms in total. The van der Waals surface area contributed by atoms with Gasteiger partial charge in [0.05, 0.1) is 16.7 Å². The Labute approximate surface area is 219 Å². The molecular weight excluding hydrogens is 492 g/mol. The van der Waals surface area contributed by atoms with Crippen LogP contribution in [-0.2, 0) is 0 Å². The number of H-pyrrole nitrogens is 1. The number of hydrogen-bond donors (Lipinski definition) is 3. The summed E-state index contributed by atoms with van der Waals surface area (Å²) in [5.74, 6) is 0.215. The van der Waals surface area contributed by atoms with Crippen molar-refractivity contribution in [3.05, 3.63) is 93.9 Å². The molecular formula is C28H29ClN4O4. The molecule has 37 heavy (non-hydrogen) atoms. The Balaban J connectivity index is 1.13. The van der Waals surface area contributed by atoms with E-state index in [9.17, 15) is 14.7 Å². The molecule has 3 aromatic carbocycles. The maximum atomic E-state index is 12.6. The number of ether oxygens (including phenoxy) is 1. The number of piperidine rings is 1. The van der Waals surface area contributed by atoms with Gasteiger partial charge in [0.1, 0.15) is 18.5 Å². The SMILES string of the molecule is O=C(Nc1ccccc1OCC(O)CN1CCC(n2c(=O)[nH]c3ccccc32)CC1)c1ccc(Cl)cc1. The summed E-state index contributed by atoms with van der Waals surface area (Å²) in [4.78, 5) is 30.2. The van der Waals surface area contributed by atoms with Crippen molar-refractivity contribution in [3.63, 3.8) is 0 Å². The normalized spacial score (nSPS) is 15.5. The van der Waals surface area contributed by atoms with Gasteiger partial charge in [0.25, 0.3) is 5.91 Å². The quantitative estimate of drug-likeness (QED) is 0.321. The number of fused-ring (bicyclic) bond motifs is 1. The molecule has 1 amide bonds. The number of benzene rings is 3. The van der Waals surface area contributed by atoms with E-state index in [1.807, 2.05) is 41.0 Å². The Kier molecular flexibility index (Phi) is 7.60. The van der Waals surface area contributed by atoms with E-state index in [1.54, 1.807) is 36.4 Å². The summed E-state index contributed by atoms with van der Waals surface area (Å²) in [7, 11) is 0. The molecule has 9 heteroatoms. The number of β-amino-alcohol motifs (C(OH)–C–C–N with tert-alkyl or cyclic N) is 1. The highest BCUT2D eigenvalue weighted by Crippen LogP contribution is 2.26. The van der Waals surface area contributed by atoms with Gasteiger partial charge in [-0.1, -0.05) is 35.9 Å². The van der Waals surface area contributed by atoms with Crippen LogP contribution in [0.4, 0.5) is 5.69 Å². The number of aliphatic hydroxyl groups excluding tert-OH is 1. The van der Waals surface area contributed by atoms with Crippen molar-refractivity contribution in [1.29, 1.82) is 0 Å². The van der Waals surface area contributed by atoms with Gasteiger partial charge in [0.15, 0.2) is 0 Å². The molecule has 1 fully saturated rings. The van der Waals surface area contributed by atoms with E-state index in [-0.39, 0.29) is 24.2 Å². The number of amides is 1. The van der Waals surface area contributed by atoms with Crippen molar-refractivity contribution in [2.45, 2.75) is 25.0 Å². The second-order valence-corrected chi connectivity index (χ2v) is 9.71. The third-order valence-electron chi connectivity index (χ3n) is 6.69. The molecule has 1 aromatic heterocycles. The number of rotatable bonds is 8. The van der Waals surface area contributed by atoms with E-state index in [4.69, 9.17) is 16.3 Å². The summed E-state index contributed by atoms with van der Waals surface area (Å²) >= 11 is 5.91. The van der Waals surface area contributed by atoms with Gasteiger partial charge in [0, 0.05) is 36.3 Å². The lowest BCUT2D eigenvalue weighted by Crippen LogP contribution is -2.42. The Bertz CT molecular complexity index is 1420.